The van der Waals surface area contributed by atoms with Crippen LogP contribution in [0.1, 0.15) is 25.7 Å². The van der Waals surface area contributed by atoms with E-state index in [-0.39, 0.29) is 12.1 Å². The maximum Gasteiger partial charge on any atom is 0.188 e. The third-order valence-electron chi connectivity index (χ3n) is 4.49. The predicted molar refractivity (Wildman–Crippen MR) is 86.4 cm³/mol. The molecular formula is C16H18N6O. The zero-order valence-electron chi connectivity index (χ0n) is 12.7. The monoisotopic (exact) mass is 310 g/mol. The van der Waals surface area contributed by atoms with E-state index < -0.39 is 0 Å². The molecule has 0 aliphatic heterocycles. The lowest BCUT2D eigenvalue weighted by atomic mass is 9.99. The minimum absolute atomic E-state index is 0.0886. The van der Waals surface area contributed by atoms with Crippen molar-refractivity contribution in [3.8, 4) is 5.69 Å². The first kappa shape index (κ1) is 14.1. The van der Waals surface area contributed by atoms with Crippen LogP contribution in [0.25, 0.3) is 16.9 Å². The van der Waals surface area contributed by atoms with E-state index in [1.165, 1.54) is 6.33 Å². The number of nitrogens with one attached hydrogen (secondary N) is 1. The first-order valence-electron chi connectivity index (χ1n) is 7.82. The van der Waals surface area contributed by atoms with Crippen LogP contribution < -0.4 is 5.32 Å². The van der Waals surface area contributed by atoms with Gasteiger partial charge in [0.15, 0.2) is 17.0 Å². The van der Waals surface area contributed by atoms with Crippen molar-refractivity contribution < 1.29 is 5.11 Å². The van der Waals surface area contributed by atoms with Gasteiger partial charge in [0, 0.05) is 0 Å². The molecule has 7 heteroatoms. The average molecular weight is 310 g/mol. The highest BCUT2D eigenvalue weighted by Gasteiger charge is 2.34. The predicted octanol–water partition coefficient (Wildman–Crippen LogP) is 1.93. The molecule has 0 bridgehead atoms. The summed E-state index contributed by atoms with van der Waals surface area (Å²) in [6.07, 6.45) is 5.59. The van der Waals surface area contributed by atoms with Gasteiger partial charge in [-0.25, -0.2) is 9.97 Å². The minimum Gasteiger partial charge on any atom is -0.394 e. The van der Waals surface area contributed by atoms with Crippen molar-refractivity contribution in [1.82, 2.24) is 25.0 Å². The van der Waals surface area contributed by atoms with Crippen molar-refractivity contribution in [2.24, 2.45) is 0 Å². The molecule has 4 rings (SSSR count). The van der Waals surface area contributed by atoms with Gasteiger partial charge in [-0.2, -0.15) is 4.68 Å². The summed E-state index contributed by atoms with van der Waals surface area (Å²) in [6, 6.07) is 9.76. The van der Waals surface area contributed by atoms with Crippen molar-refractivity contribution in [2.45, 2.75) is 31.2 Å². The summed E-state index contributed by atoms with van der Waals surface area (Å²) < 4.78 is 1.70. The van der Waals surface area contributed by atoms with Crippen LogP contribution in [0.3, 0.4) is 0 Å². The Hall–Kier alpha value is -2.54. The number of nitrogens with zero attached hydrogens (tertiary/aromatic N) is 5. The Morgan fingerprint density at radius 2 is 1.91 bits per heavy atom. The Labute approximate surface area is 133 Å². The molecule has 1 aliphatic carbocycles. The number of hydrogen-bond acceptors (Lipinski definition) is 6. The Kier molecular flexibility index (Phi) is 3.42. The molecule has 23 heavy (non-hydrogen) atoms. The normalized spacial score (nSPS) is 16.7. The molecule has 0 spiro atoms. The van der Waals surface area contributed by atoms with Gasteiger partial charge in [-0.1, -0.05) is 36.3 Å². The molecule has 2 aromatic heterocycles. The molecule has 0 saturated heterocycles. The fourth-order valence-electron chi connectivity index (χ4n) is 3.21. The second-order valence-electron chi connectivity index (χ2n) is 6.00. The van der Waals surface area contributed by atoms with Crippen molar-refractivity contribution >= 4 is 17.0 Å². The number of aromatic nitrogens is 5. The van der Waals surface area contributed by atoms with E-state index in [1.807, 2.05) is 30.3 Å². The SMILES string of the molecule is OCC1(Nc2ncnc3c2nnn3-c2ccccc2)CCCC1. The Balaban J connectivity index is 1.76. The van der Waals surface area contributed by atoms with E-state index in [9.17, 15) is 5.11 Å². The second-order valence-corrected chi connectivity index (χ2v) is 6.00. The lowest BCUT2D eigenvalue weighted by Crippen LogP contribution is -2.39. The van der Waals surface area contributed by atoms with Gasteiger partial charge in [-0.05, 0) is 25.0 Å². The summed E-state index contributed by atoms with van der Waals surface area (Å²) in [7, 11) is 0. The molecule has 7 nitrogen and oxygen atoms in total. The molecule has 118 valence electrons. The molecule has 0 amide bonds. The van der Waals surface area contributed by atoms with Crippen LogP contribution in [0.15, 0.2) is 36.7 Å². The molecule has 1 aromatic carbocycles. The maximum absolute atomic E-state index is 9.79. The first-order chi connectivity index (χ1) is 11.3. The van der Waals surface area contributed by atoms with Crippen LogP contribution in [-0.4, -0.2) is 42.2 Å². The van der Waals surface area contributed by atoms with Crippen LogP contribution in [0, 0.1) is 0 Å². The number of anilines is 1. The molecule has 0 radical (unpaired) electrons. The van der Waals surface area contributed by atoms with Crippen molar-refractivity contribution in [1.29, 1.82) is 0 Å². The average Bonchev–Trinajstić information content (AvgIpc) is 3.24. The summed E-state index contributed by atoms with van der Waals surface area (Å²) in [5.74, 6) is 0.633. The smallest absolute Gasteiger partial charge is 0.188 e. The second kappa shape index (κ2) is 5.58. The van der Waals surface area contributed by atoms with E-state index in [0.29, 0.717) is 17.0 Å². The summed E-state index contributed by atoms with van der Waals surface area (Å²) in [4.78, 5) is 8.65. The maximum atomic E-state index is 9.79. The van der Waals surface area contributed by atoms with Gasteiger partial charge in [0.05, 0.1) is 17.8 Å². The van der Waals surface area contributed by atoms with E-state index >= 15 is 0 Å². The van der Waals surface area contributed by atoms with E-state index in [0.717, 1.165) is 31.4 Å². The van der Waals surface area contributed by atoms with Crippen LogP contribution in [0.2, 0.25) is 0 Å². The van der Waals surface area contributed by atoms with Crippen LogP contribution >= 0.6 is 0 Å². The van der Waals surface area contributed by atoms with Gasteiger partial charge < -0.3 is 10.4 Å². The van der Waals surface area contributed by atoms with Crippen molar-refractivity contribution in [3.63, 3.8) is 0 Å². The molecule has 3 aromatic rings. The fraction of sp³-hybridized carbons (Fsp3) is 0.375. The van der Waals surface area contributed by atoms with E-state index in [2.05, 4.69) is 25.6 Å². The zero-order chi connectivity index (χ0) is 15.7. The Morgan fingerprint density at radius 1 is 1.13 bits per heavy atom. The number of hydrogen-bond donors (Lipinski definition) is 2. The van der Waals surface area contributed by atoms with Crippen LogP contribution in [0.4, 0.5) is 5.82 Å². The molecule has 1 aliphatic rings. The van der Waals surface area contributed by atoms with Gasteiger partial charge in [-0.15, -0.1) is 5.10 Å². The minimum atomic E-state index is -0.308. The molecule has 2 heterocycles. The van der Waals surface area contributed by atoms with Crippen molar-refractivity contribution in [3.05, 3.63) is 36.7 Å². The van der Waals surface area contributed by atoms with E-state index in [1.54, 1.807) is 4.68 Å². The lowest BCUT2D eigenvalue weighted by Gasteiger charge is -2.28. The van der Waals surface area contributed by atoms with Crippen molar-refractivity contribution in [2.75, 3.05) is 11.9 Å². The summed E-state index contributed by atoms with van der Waals surface area (Å²) in [6.45, 7) is 0.0886. The summed E-state index contributed by atoms with van der Waals surface area (Å²) in [5.41, 5.74) is 1.87. The highest BCUT2D eigenvalue weighted by molar-refractivity contribution is 5.83. The lowest BCUT2D eigenvalue weighted by molar-refractivity contribution is 0.214. The van der Waals surface area contributed by atoms with E-state index in [4.69, 9.17) is 0 Å². The van der Waals surface area contributed by atoms with Gasteiger partial charge in [0.25, 0.3) is 0 Å². The summed E-state index contributed by atoms with van der Waals surface area (Å²) in [5, 5.41) is 21.6. The molecule has 1 fully saturated rings. The van der Waals surface area contributed by atoms with Gasteiger partial charge in [0.1, 0.15) is 6.33 Å². The highest BCUT2D eigenvalue weighted by Crippen LogP contribution is 2.33. The largest absolute Gasteiger partial charge is 0.394 e. The standard InChI is InChI=1S/C16H18N6O/c23-10-16(8-4-5-9-16)19-14-13-15(18-11-17-14)22(21-20-13)12-6-2-1-3-7-12/h1-3,6-7,11,23H,4-5,8-10H2,(H,17,18,19). The zero-order valence-corrected chi connectivity index (χ0v) is 12.7. The van der Waals surface area contributed by atoms with Crippen LogP contribution in [-0.2, 0) is 0 Å². The molecular weight excluding hydrogens is 292 g/mol. The number of para-hydroxylation sites is 1. The Bertz CT molecular complexity index is 810. The topological polar surface area (TPSA) is 88.8 Å². The van der Waals surface area contributed by atoms with Gasteiger partial charge in [-0.3, -0.25) is 0 Å². The first-order valence-corrected chi connectivity index (χ1v) is 7.82. The number of aliphatic hydroxyl groups is 1. The summed E-state index contributed by atoms with van der Waals surface area (Å²) >= 11 is 0. The molecule has 0 atom stereocenters. The van der Waals surface area contributed by atoms with Gasteiger partial charge in [0.2, 0.25) is 0 Å². The third-order valence-corrected chi connectivity index (χ3v) is 4.49. The molecule has 2 N–H and O–H groups in total. The molecule has 1 saturated carbocycles. The number of aliphatic hydroxyl groups excluding tert-OH is 1. The Morgan fingerprint density at radius 3 is 2.65 bits per heavy atom. The fourth-order valence-corrected chi connectivity index (χ4v) is 3.21. The third kappa shape index (κ3) is 2.43. The number of fused-ring (bicyclic) bond motifs is 1. The van der Waals surface area contributed by atoms with Crippen LogP contribution in [0.5, 0.6) is 0 Å². The number of rotatable bonds is 4. The van der Waals surface area contributed by atoms with Gasteiger partial charge >= 0.3 is 0 Å². The number of benzene rings is 1. The highest BCUT2D eigenvalue weighted by atomic mass is 16.3. The quantitative estimate of drug-likeness (QED) is 0.765. The molecule has 0 unspecified atom stereocenters.